The molecular formula is C22H26N4O. The zero-order chi connectivity index (χ0) is 19.2. The Morgan fingerprint density at radius 2 is 1.81 bits per heavy atom. The second kappa shape index (κ2) is 8.62. The van der Waals surface area contributed by atoms with E-state index in [1.54, 1.807) is 19.5 Å². The Morgan fingerprint density at radius 3 is 2.52 bits per heavy atom. The highest BCUT2D eigenvalue weighted by Crippen LogP contribution is 2.24. The second-order valence-corrected chi connectivity index (χ2v) is 6.61. The lowest BCUT2D eigenvalue weighted by atomic mass is 10.0. The predicted octanol–water partition coefficient (Wildman–Crippen LogP) is 4.18. The summed E-state index contributed by atoms with van der Waals surface area (Å²) in [6.07, 6.45) is 5.27. The number of ether oxygens (including phenoxy) is 1. The minimum absolute atomic E-state index is 0.256. The molecule has 0 radical (unpaired) electrons. The Morgan fingerprint density at radius 1 is 1.07 bits per heavy atom. The third-order valence-corrected chi connectivity index (χ3v) is 4.80. The summed E-state index contributed by atoms with van der Waals surface area (Å²) in [5.74, 6) is 2.59. The van der Waals surface area contributed by atoms with Crippen molar-refractivity contribution in [3.8, 4) is 17.1 Å². The minimum Gasteiger partial charge on any atom is -0.496 e. The normalized spacial score (nSPS) is 11.9. The molecule has 1 aromatic carbocycles. The highest BCUT2D eigenvalue weighted by atomic mass is 16.5. The van der Waals surface area contributed by atoms with E-state index in [1.165, 1.54) is 5.56 Å². The summed E-state index contributed by atoms with van der Waals surface area (Å²) in [5.41, 5.74) is 3.20. The average molecular weight is 362 g/mol. The third-order valence-electron chi connectivity index (χ3n) is 4.80. The molecule has 0 aliphatic rings. The first-order chi connectivity index (χ1) is 13.1. The van der Waals surface area contributed by atoms with Gasteiger partial charge in [-0.2, -0.15) is 0 Å². The van der Waals surface area contributed by atoms with E-state index in [0.29, 0.717) is 0 Å². The second-order valence-electron chi connectivity index (χ2n) is 6.61. The van der Waals surface area contributed by atoms with Crippen LogP contribution in [-0.2, 0) is 12.8 Å². The van der Waals surface area contributed by atoms with Crippen molar-refractivity contribution in [1.82, 2.24) is 15.0 Å². The molecule has 2 aromatic heterocycles. The summed E-state index contributed by atoms with van der Waals surface area (Å²) in [6.45, 7) is 4.31. The first-order valence-electron chi connectivity index (χ1n) is 9.25. The van der Waals surface area contributed by atoms with Gasteiger partial charge in [0.2, 0.25) is 0 Å². The first kappa shape index (κ1) is 18.8. The molecule has 0 bridgehead atoms. The van der Waals surface area contributed by atoms with Crippen molar-refractivity contribution in [2.45, 2.75) is 32.7 Å². The minimum atomic E-state index is 0.256. The van der Waals surface area contributed by atoms with E-state index in [9.17, 15) is 0 Å². The molecule has 1 atom stereocenters. The van der Waals surface area contributed by atoms with Crippen LogP contribution in [0.1, 0.15) is 25.1 Å². The van der Waals surface area contributed by atoms with Crippen LogP contribution in [0.15, 0.2) is 54.9 Å². The lowest BCUT2D eigenvalue weighted by molar-refractivity contribution is 0.408. The number of hydrogen-bond acceptors (Lipinski definition) is 5. The number of anilines is 1. The monoisotopic (exact) mass is 362 g/mol. The number of benzene rings is 1. The molecule has 0 saturated heterocycles. The van der Waals surface area contributed by atoms with Gasteiger partial charge in [0.1, 0.15) is 11.6 Å². The number of aromatic nitrogens is 3. The van der Waals surface area contributed by atoms with Crippen molar-refractivity contribution in [2.75, 3.05) is 19.1 Å². The highest BCUT2D eigenvalue weighted by molar-refractivity contribution is 5.57. The Bertz CT molecular complexity index is 882. The number of aryl methyl sites for hydroxylation is 1. The predicted molar refractivity (Wildman–Crippen MR) is 109 cm³/mol. The topological polar surface area (TPSA) is 51.1 Å². The number of hydrogen-bond donors (Lipinski definition) is 0. The first-order valence-corrected chi connectivity index (χ1v) is 9.25. The van der Waals surface area contributed by atoms with Crippen LogP contribution in [0.2, 0.25) is 0 Å². The maximum Gasteiger partial charge on any atom is 0.161 e. The number of para-hydroxylation sites is 1. The van der Waals surface area contributed by atoms with Crippen molar-refractivity contribution in [1.29, 1.82) is 0 Å². The lowest BCUT2D eigenvalue weighted by Gasteiger charge is -2.27. The van der Waals surface area contributed by atoms with Crippen LogP contribution in [0.4, 0.5) is 5.82 Å². The zero-order valence-electron chi connectivity index (χ0n) is 16.4. The molecule has 0 spiro atoms. The summed E-state index contributed by atoms with van der Waals surface area (Å²) in [7, 11) is 3.80. The summed E-state index contributed by atoms with van der Waals surface area (Å²) in [5, 5.41) is 0. The van der Waals surface area contributed by atoms with Gasteiger partial charge in [0, 0.05) is 42.8 Å². The Labute approximate surface area is 161 Å². The van der Waals surface area contributed by atoms with Crippen LogP contribution in [0, 0.1) is 0 Å². The van der Waals surface area contributed by atoms with Crippen LogP contribution < -0.4 is 9.64 Å². The van der Waals surface area contributed by atoms with Gasteiger partial charge in [-0.25, -0.2) is 9.97 Å². The summed E-state index contributed by atoms with van der Waals surface area (Å²) < 4.78 is 5.50. The van der Waals surface area contributed by atoms with Gasteiger partial charge in [-0.15, -0.1) is 0 Å². The SMILES string of the molecule is CCc1cc(N(C)[C@@H](C)Cc2ccccc2OC)nc(-c2ccncc2)n1. The fourth-order valence-corrected chi connectivity index (χ4v) is 3.03. The van der Waals surface area contributed by atoms with Crippen LogP contribution in [0.3, 0.4) is 0 Å². The van der Waals surface area contributed by atoms with Gasteiger partial charge in [0.25, 0.3) is 0 Å². The van der Waals surface area contributed by atoms with Gasteiger partial charge in [-0.1, -0.05) is 25.1 Å². The molecule has 0 fully saturated rings. The summed E-state index contributed by atoms with van der Waals surface area (Å²) in [4.78, 5) is 15.8. The zero-order valence-corrected chi connectivity index (χ0v) is 16.4. The average Bonchev–Trinajstić information content (AvgIpc) is 2.73. The number of likely N-dealkylation sites (N-methyl/N-ethyl adjacent to an activating group) is 1. The highest BCUT2D eigenvalue weighted by Gasteiger charge is 2.16. The molecule has 3 rings (SSSR count). The molecule has 2 heterocycles. The van der Waals surface area contributed by atoms with Gasteiger partial charge in [-0.3, -0.25) is 4.98 Å². The third kappa shape index (κ3) is 4.42. The van der Waals surface area contributed by atoms with Crippen molar-refractivity contribution in [3.05, 3.63) is 66.1 Å². The molecule has 140 valence electrons. The maximum absolute atomic E-state index is 5.50. The van der Waals surface area contributed by atoms with Crippen molar-refractivity contribution >= 4 is 5.82 Å². The smallest absolute Gasteiger partial charge is 0.161 e. The Kier molecular flexibility index (Phi) is 6.01. The van der Waals surface area contributed by atoms with Crippen LogP contribution in [0.5, 0.6) is 5.75 Å². The van der Waals surface area contributed by atoms with Crippen LogP contribution in [-0.4, -0.2) is 35.2 Å². The maximum atomic E-state index is 5.50. The van der Waals surface area contributed by atoms with E-state index in [1.807, 2.05) is 30.3 Å². The molecule has 0 unspecified atom stereocenters. The Hall–Kier alpha value is -2.95. The van der Waals surface area contributed by atoms with E-state index in [-0.39, 0.29) is 6.04 Å². The fourth-order valence-electron chi connectivity index (χ4n) is 3.03. The standard InChI is InChI=1S/C22H26N4O/c1-5-19-15-21(25-22(24-19)17-10-12-23-13-11-17)26(3)16(2)14-18-8-6-7-9-20(18)27-4/h6-13,15-16H,5,14H2,1-4H3/t16-/m0/s1. The van der Waals surface area contributed by atoms with Crippen molar-refractivity contribution < 1.29 is 4.74 Å². The van der Waals surface area contributed by atoms with Crippen LogP contribution in [0.25, 0.3) is 11.4 Å². The largest absolute Gasteiger partial charge is 0.496 e. The molecular weight excluding hydrogens is 336 g/mol. The van der Waals surface area contributed by atoms with Crippen molar-refractivity contribution in [3.63, 3.8) is 0 Å². The number of rotatable bonds is 7. The van der Waals surface area contributed by atoms with Gasteiger partial charge in [0.15, 0.2) is 5.82 Å². The van der Waals surface area contributed by atoms with Gasteiger partial charge in [0.05, 0.1) is 7.11 Å². The molecule has 0 amide bonds. The van der Waals surface area contributed by atoms with E-state index in [2.05, 4.69) is 47.9 Å². The summed E-state index contributed by atoms with van der Waals surface area (Å²) >= 11 is 0. The van der Waals surface area contributed by atoms with Crippen LogP contribution >= 0.6 is 0 Å². The molecule has 27 heavy (non-hydrogen) atoms. The molecule has 0 aliphatic heterocycles. The molecule has 5 heteroatoms. The molecule has 0 N–H and O–H groups in total. The molecule has 3 aromatic rings. The number of pyridine rings is 1. The quantitative estimate of drug-likeness (QED) is 0.631. The van der Waals surface area contributed by atoms with E-state index in [4.69, 9.17) is 9.72 Å². The van der Waals surface area contributed by atoms with Gasteiger partial charge in [-0.05, 0) is 43.5 Å². The summed E-state index contributed by atoms with van der Waals surface area (Å²) in [6, 6.07) is 14.4. The molecule has 0 saturated carbocycles. The molecule has 0 aliphatic carbocycles. The van der Waals surface area contributed by atoms with E-state index >= 15 is 0 Å². The van der Waals surface area contributed by atoms with Crippen molar-refractivity contribution in [2.24, 2.45) is 0 Å². The fraction of sp³-hybridized carbons (Fsp3) is 0.318. The van der Waals surface area contributed by atoms with Gasteiger partial charge >= 0.3 is 0 Å². The number of methoxy groups -OCH3 is 1. The molecule has 5 nitrogen and oxygen atoms in total. The van der Waals surface area contributed by atoms with E-state index in [0.717, 1.165) is 41.5 Å². The van der Waals surface area contributed by atoms with E-state index < -0.39 is 0 Å². The lowest BCUT2D eigenvalue weighted by Crippen LogP contribution is -2.31. The Balaban J connectivity index is 1.88. The number of nitrogens with zero attached hydrogens (tertiary/aromatic N) is 4. The van der Waals surface area contributed by atoms with Gasteiger partial charge < -0.3 is 9.64 Å².